The average molecular weight is 240 g/mol. The van der Waals surface area contributed by atoms with Crippen LogP contribution in [-0.2, 0) is 6.42 Å². The van der Waals surface area contributed by atoms with E-state index >= 15 is 0 Å². The molecule has 0 heterocycles. The zero-order chi connectivity index (χ0) is 12.8. The van der Waals surface area contributed by atoms with Gasteiger partial charge in [0, 0.05) is 0 Å². The van der Waals surface area contributed by atoms with Crippen molar-refractivity contribution in [2.45, 2.75) is 19.3 Å². The van der Waals surface area contributed by atoms with Gasteiger partial charge in [-0.3, -0.25) is 0 Å². The molecule has 18 heavy (non-hydrogen) atoms. The Kier molecular flexibility index (Phi) is 4.77. The molecule has 0 fully saturated rings. The summed E-state index contributed by atoms with van der Waals surface area (Å²) in [6.45, 7) is 1.17. The van der Waals surface area contributed by atoms with Crippen LogP contribution in [0.4, 0.5) is 0 Å². The van der Waals surface area contributed by atoms with E-state index in [2.05, 4.69) is 67.9 Å². The summed E-state index contributed by atoms with van der Waals surface area (Å²) in [6, 6.07) is 15.2. The molecule has 0 saturated carbocycles. The van der Waals surface area contributed by atoms with Crippen LogP contribution >= 0.6 is 0 Å². The van der Waals surface area contributed by atoms with E-state index in [9.17, 15) is 0 Å². The van der Waals surface area contributed by atoms with E-state index in [1.807, 2.05) is 0 Å². The van der Waals surface area contributed by atoms with Crippen molar-refractivity contribution < 1.29 is 0 Å². The van der Waals surface area contributed by atoms with Crippen LogP contribution in [0.25, 0.3) is 10.8 Å². The van der Waals surface area contributed by atoms with Crippen LogP contribution in [0.3, 0.4) is 0 Å². The summed E-state index contributed by atoms with van der Waals surface area (Å²) >= 11 is 0. The van der Waals surface area contributed by atoms with E-state index in [4.69, 9.17) is 0 Å². The highest BCUT2D eigenvalue weighted by molar-refractivity contribution is 5.85. The first kappa shape index (κ1) is 13.1. The number of rotatable bonds is 6. The predicted molar refractivity (Wildman–Crippen MR) is 79.7 cm³/mol. The van der Waals surface area contributed by atoms with Crippen molar-refractivity contribution in [1.29, 1.82) is 0 Å². The van der Waals surface area contributed by atoms with E-state index in [-0.39, 0.29) is 0 Å². The first-order valence-corrected chi connectivity index (χ1v) is 6.70. The van der Waals surface area contributed by atoms with Crippen molar-refractivity contribution in [3.05, 3.63) is 54.4 Å². The second kappa shape index (κ2) is 6.55. The van der Waals surface area contributed by atoms with Gasteiger partial charge in [-0.15, -0.1) is 0 Å². The van der Waals surface area contributed by atoms with Crippen LogP contribution < -0.4 is 0 Å². The van der Waals surface area contributed by atoms with Crippen LogP contribution in [0, 0.1) is 6.42 Å². The Hall–Kier alpha value is -1.34. The fourth-order valence-electron chi connectivity index (χ4n) is 2.28. The van der Waals surface area contributed by atoms with Crippen molar-refractivity contribution in [3.8, 4) is 0 Å². The minimum atomic E-state index is 1.08. The maximum absolute atomic E-state index is 2.41. The number of hydrogen-bond acceptors (Lipinski definition) is 1. The van der Waals surface area contributed by atoms with Gasteiger partial charge in [-0.1, -0.05) is 42.5 Å². The molecule has 2 aromatic rings. The van der Waals surface area contributed by atoms with Crippen LogP contribution in [0.15, 0.2) is 42.5 Å². The molecule has 1 nitrogen and oxygen atoms in total. The molecule has 0 aliphatic carbocycles. The Morgan fingerprint density at radius 3 is 2.61 bits per heavy atom. The maximum atomic E-state index is 2.41. The van der Waals surface area contributed by atoms with Gasteiger partial charge in [-0.05, 0) is 62.7 Å². The standard InChI is InChI=1S/C17H22N/c1-18(2)14-7-3-4-9-15-11-8-12-16-10-5-6-13-17(15)16/h4-6,8,10-13H,3,7,9,14H2,1-2H3. The molecule has 0 atom stereocenters. The molecule has 0 amide bonds. The van der Waals surface area contributed by atoms with Crippen molar-refractivity contribution in [3.63, 3.8) is 0 Å². The molecule has 0 N–H and O–H groups in total. The van der Waals surface area contributed by atoms with E-state index in [1.165, 1.54) is 35.7 Å². The van der Waals surface area contributed by atoms with E-state index in [0.717, 1.165) is 6.42 Å². The maximum Gasteiger partial charge on any atom is -0.00247 e. The number of fused-ring (bicyclic) bond motifs is 1. The largest absolute Gasteiger partial charge is 0.309 e. The molecule has 2 aromatic carbocycles. The second-order valence-electron chi connectivity index (χ2n) is 5.08. The third-order valence-electron chi connectivity index (χ3n) is 3.26. The average Bonchev–Trinajstić information content (AvgIpc) is 2.38. The van der Waals surface area contributed by atoms with Gasteiger partial charge in [0.2, 0.25) is 0 Å². The van der Waals surface area contributed by atoms with Crippen molar-refractivity contribution in [2.75, 3.05) is 20.6 Å². The summed E-state index contributed by atoms with van der Waals surface area (Å²) in [6.07, 6.45) is 5.93. The molecule has 1 radical (unpaired) electrons. The van der Waals surface area contributed by atoms with Crippen molar-refractivity contribution in [2.24, 2.45) is 0 Å². The lowest BCUT2D eigenvalue weighted by atomic mass is 10.00. The highest BCUT2D eigenvalue weighted by atomic mass is 15.0. The van der Waals surface area contributed by atoms with Crippen molar-refractivity contribution in [1.82, 2.24) is 4.90 Å². The summed E-state index contributed by atoms with van der Waals surface area (Å²) in [4.78, 5) is 2.24. The summed E-state index contributed by atoms with van der Waals surface area (Å²) in [5, 5.41) is 2.74. The first-order valence-electron chi connectivity index (χ1n) is 6.70. The molecular weight excluding hydrogens is 218 g/mol. The van der Waals surface area contributed by atoms with Gasteiger partial charge >= 0.3 is 0 Å². The quantitative estimate of drug-likeness (QED) is 0.692. The molecular formula is C17H22N. The smallest absolute Gasteiger partial charge is 0.00247 e. The zero-order valence-corrected chi connectivity index (χ0v) is 11.4. The Bertz CT molecular complexity index is 482. The van der Waals surface area contributed by atoms with E-state index in [1.54, 1.807) is 0 Å². The molecule has 0 aliphatic rings. The minimum absolute atomic E-state index is 1.08. The molecule has 1 heteroatoms. The van der Waals surface area contributed by atoms with Crippen LogP contribution in [0.2, 0.25) is 0 Å². The molecule has 0 unspecified atom stereocenters. The monoisotopic (exact) mass is 240 g/mol. The molecule has 0 aromatic heterocycles. The number of benzene rings is 2. The minimum Gasteiger partial charge on any atom is -0.309 e. The number of unbranched alkanes of at least 4 members (excludes halogenated alkanes) is 2. The molecule has 0 aliphatic heterocycles. The fraction of sp³-hybridized carbons (Fsp3) is 0.353. The summed E-state index contributed by atoms with van der Waals surface area (Å²) in [5.74, 6) is 0. The SMILES string of the molecule is CN(C)CCC[CH]Cc1cccc2ccccc12. The van der Waals surface area contributed by atoms with E-state index < -0.39 is 0 Å². The molecule has 95 valence electrons. The third kappa shape index (κ3) is 3.58. The van der Waals surface area contributed by atoms with E-state index in [0.29, 0.717) is 0 Å². The Balaban J connectivity index is 1.91. The summed E-state index contributed by atoms with van der Waals surface area (Å²) in [5.41, 5.74) is 1.44. The Morgan fingerprint density at radius 2 is 1.78 bits per heavy atom. The summed E-state index contributed by atoms with van der Waals surface area (Å²) < 4.78 is 0. The van der Waals surface area contributed by atoms with Gasteiger partial charge < -0.3 is 4.90 Å². The van der Waals surface area contributed by atoms with Crippen LogP contribution in [0.5, 0.6) is 0 Å². The fourth-order valence-corrected chi connectivity index (χ4v) is 2.28. The normalized spacial score (nSPS) is 11.3. The number of nitrogens with zero attached hydrogens (tertiary/aromatic N) is 1. The topological polar surface area (TPSA) is 3.24 Å². The molecule has 2 rings (SSSR count). The number of hydrogen-bond donors (Lipinski definition) is 0. The highest BCUT2D eigenvalue weighted by Crippen LogP contribution is 2.20. The lowest BCUT2D eigenvalue weighted by molar-refractivity contribution is 0.399. The molecule has 0 bridgehead atoms. The van der Waals surface area contributed by atoms with Gasteiger partial charge in [-0.2, -0.15) is 0 Å². The van der Waals surface area contributed by atoms with Gasteiger partial charge in [0.1, 0.15) is 0 Å². The lowest BCUT2D eigenvalue weighted by Gasteiger charge is -2.09. The Morgan fingerprint density at radius 1 is 1.00 bits per heavy atom. The van der Waals surface area contributed by atoms with Gasteiger partial charge in [0.25, 0.3) is 0 Å². The second-order valence-corrected chi connectivity index (χ2v) is 5.08. The van der Waals surface area contributed by atoms with Crippen LogP contribution in [0.1, 0.15) is 18.4 Å². The Labute approximate surface area is 110 Å². The van der Waals surface area contributed by atoms with Crippen LogP contribution in [-0.4, -0.2) is 25.5 Å². The highest BCUT2D eigenvalue weighted by Gasteiger charge is 2.00. The van der Waals surface area contributed by atoms with Crippen molar-refractivity contribution >= 4 is 10.8 Å². The predicted octanol–water partition coefficient (Wildman–Crippen LogP) is 3.93. The third-order valence-corrected chi connectivity index (χ3v) is 3.26. The van der Waals surface area contributed by atoms with Gasteiger partial charge in [0.15, 0.2) is 0 Å². The molecule has 0 saturated heterocycles. The van der Waals surface area contributed by atoms with Gasteiger partial charge in [0.05, 0.1) is 0 Å². The van der Waals surface area contributed by atoms with Gasteiger partial charge in [-0.25, -0.2) is 0 Å². The molecule has 0 spiro atoms. The summed E-state index contributed by atoms with van der Waals surface area (Å²) in [7, 11) is 4.26. The lowest BCUT2D eigenvalue weighted by Crippen LogP contribution is -2.12. The zero-order valence-electron chi connectivity index (χ0n) is 11.4. The first-order chi connectivity index (χ1) is 8.77.